The first kappa shape index (κ1) is 20.1. The SMILES string of the molecule is Cc1cc([C@@H](C)Nc2ccccc2-c2nn[nH]n2)c2oc3c(-c4ccccc4)ccnc3c2c1. The Morgan fingerprint density at radius 1 is 0.912 bits per heavy atom. The smallest absolute Gasteiger partial charge is 0.206 e. The van der Waals surface area contributed by atoms with Crippen LogP contribution < -0.4 is 5.32 Å². The Morgan fingerprint density at radius 3 is 2.56 bits per heavy atom. The van der Waals surface area contributed by atoms with Crippen LogP contribution in [-0.2, 0) is 0 Å². The van der Waals surface area contributed by atoms with Gasteiger partial charge in [0.05, 0.1) is 6.04 Å². The molecule has 0 aliphatic heterocycles. The quantitative estimate of drug-likeness (QED) is 0.322. The third kappa shape index (κ3) is 3.38. The standard InChI is InChI=1S/C27H22N6O/c1-16-14-21(17(2)29-23-11-7-6-10-20(23)27-30-32-33-31-27)25-22(15-16)24-26(34-25)19(12-13-28-24)18-8-4-3-5-9-18/h3-15,17,29H,1-2H3,(H,30,31,32,33)/t17-/m1/s1. The van der Waals surface area contributed by atoms with Crippen LogP contribution in [0.4, 0.5) is 5.69 Å². The summed E-state index contributed by atoms with van der Waals surface area (Å²) in [5.41, 5.74) is 8.67. The molecule has 0 unspecified atom stereocenters. The van der Waals surface area contributed by atoms with Crippen molar-refractivity contribution in [2.45, 2.75) is 19.9 Å². The van der Waals surface area contributed by atoms with Crippen molar-refractivity contribution in [3.63, 3.8) is 0 Å². The predicted octanol–water partition coefficient (Wildman–Crippen LogP) is 6.31. The van der Waals surface area contributed by atoms with E-state index in [0.29, 0.717) is 5.82 Å². The van der Waals surface area contributed by atoms with Crippen molar-refractivity contribution in [3.05, 3.63) is 90.1 Å². The molecule has 7 heteroatoms. The maximum absolute atomic E-state index is 6.54. The monoisotopic (exact) mass is 446 g/mol. The van der Waals surface area contributed by atoms with Crippen LogP contribution in [0.5, 0.6) is 0 Å². The van der Waals surface area contributed by atoms with E-state index < -0.39 is 0 Å². The molecule has 7 nitrogen and oxygen atoms in total. The van der Waals surface area contributed by atoms with Gasteiger partial charge in [0.25, 0.3) is 0 Å². The lowest BCUT2D eigenvalue weighted by molar-refractivity contribution is 0.658. The zero-order valence-corrected chi connectivity index (χ0v) is 18.8. The van der Waals surface area contributed by atoms with Crippen LogP contribution in [0.2, 0.25) is 0 Å². The minimum Gasteiger partial charge on any atom is -0.453 e. The van der Waals surface area contributed by atoms with Crippen molar-refractivity contribution < 1.29 is 4.42 Å². The van der Waals surface area contributed by atoms with E-state index in [-0.39, 0.29) is 6.04 Å². The number of hydrogen-bond acceptors (Lipinski definition) is 6. The van der Waals surface area contributed by atoms with Gasteiger partial charge in [-0.15, -0.1) is 10.2 Å². The summed E-state index contributed by atoms with van der Waals surface area (Å²) < 4.78 is 6.54. The molecule has 3 aromatic heterocycles. The number of benzene rings is 3. The molecule has 0 radical (unpaired) electrons. The molecule has 0 bridgehead atoms. The van der Waals surface area contributed by atoms with Gasteiger partial charge in [-0.05, 0) is 54.5 Å². The van der Waals surface area contributed by atoms with E-state index in [2.05, 4.69) is 69.0 Å². The highest BCUT2D eigenvalue weighted by molar-refractivity contribution is 6.08. The van der Waals surface area contributed by atoms with E-state index in [1.165, 1.54) is 0 Å². The van der Waals surface area contributed by atoms with E-state index in [1.54, 1.807) is 0 Å². The molecule has 6 rings (SSSR count). The average Bonchev–Trinajstić information content (AvgIpc) is 3.53. The summed E-state index contributed by atoms with van der Waals surface area (Å²) in [6, 6.07) is 24.5. The number of hydrogen-bond donors (Lipinski definition) is 2. The van der Waals surface area contributed by atoms with Gasteiger partial charge in [0.2, 0.25) is 5.82 Å². The summed E-state index contributed by atoms with van der Waals surface area (Å²) in [6.07, 6.45) is 1.85. The molecule has 3 aromatic carbocycles. The van der Waals surface area contributed by atoms with Gasteiger partial charge < -0.3 is 9.73 Å². The maximum Gasteiger partial charge on any atom is 0.206 e. The number of tetrazole rings is 1. The number of rotatable bonds is 5. The fraction of sp³-hybridized carbons (Fsp3) is 0.111. The highest BCUT2D eigenvalue weighted by Gasteiger charge is 2.20. The average molecular weight is 447 g/mol. The molecule has 34 heavy (non-hydrogen) atoms. The van der Waals surface area contributed by atoms with E-state index in [9.17, 15) is 0 Å². The fourth-order valence-corrected chi connectivity index (χ4v) is 4.49. The zero-order chi connectivity index (χ0) is 23.1. The molecule has 0 aliphatic rings. The van der Waals surface area contributed by atoms with Gasteiger partial charge in [0.15, 0.2) is 5.58 Å². The van der Waals surface area contributed by atoms with E-state index in [0.717, 1.165) is 55.6 Å². The van der Waals surface area contributed by atoms with Gasteiger partial charge in [0.1, 0.15) is 11.1 Å². The van der Waals surface area contributed by atoms with Gasteiger partial charge in [0, 0.05) is 34.0 Å². The third-order valence-electron chi connectivity index (χ3n) is 6.06. The van der Waals surface area contributed by atoms with Crippen LogP contribution in [0.1, 0.15) is 24.1 Å². The summed E-state index contributed by atoms with van der Waals surface area (Å²) in [6.45, 7) is 4.22. The first-order chi connectivity index (χ1) is 16.7. The highest BCUT2D eigenvalue weighted by Crippen LogP contribution is 2.39. The topological polar surface area (TPSA) is 92.5 Å². The van der Waals surface area contributed by atoms with E-state index in [1.807, 2.05) is 54.7 Å². The summed E-state index contributed by atoms with van der Waals surface area (Å²) in [5, 5.41) is 19.2. The number of para-hydroxylation sites is 1. The molecule has 0 fully saturated rings. The first-order valence-corrected chi connectivity index (χ1v) is 11.2. The van der Waals surface area contributed by atoms with Crippen molar-refractivity contribution in [3.8, 4) is 22.5 Å². The molecule has 0 spiro atoms. The Kier molecular flexibility index (Phi) is 4.80. The zero-order valence-electron chi connectivity index (χ0n) is 18.8. The molecule has 0 saturated heterocycles. The van der Waals surface area contributed by atoms with E-state index in [4.69, 9.17) is 4.42 Å². The van der Waals surface area contributed by atoms with Crippen LogP contribution in [-0.4, -0.2) is 25.6 Å². The van der Waals surface area contributed by atoms with Crippen LogP contribution in [0.25, 0.3) is 44.6 Å². The lowest BCUT2D eigenvalue weighted by Gasteiger charge is -2.18. The van der Waals surface area contributed by atoms with Gasteiger partial charge in [-0.25, -0.2) is 0 Å². The minimum atomic E-state index is -0.0452. The second-order valence-electron chi connectivity index (χ2n) is 8.38. The van der Waals surface area contributed by atoms with E-state index >= 15 is 0 Å². The molecule has 3 heterocycles. The lowest BCUT2D eigenvalue weighted by atomic mass is 10.0. The molecular weight excluding hydrogens is 424 g/mol. The lowest BCUT2D eigenvalue weighted by Crippen LogP contribution is -2.08. The second-order valence-corrected chi connectivity index (χ2v) is 8.38. The summed E-state index contributed by atoms with van der Waals surface area (Å²) in [4.78, 5) is 4.69. The number of fused-ring (bicyclic) bond motifs is 3. The molecule has 166 valence electrons. The van der Waals surface area contributed by atoms with Crippen molar-refractivity contribution in [2.75, 3.05) is 5.32 Å². The van der Waals surface area contributed by atoms with Crippen molar-refractivity contribution >= 4 is 27.8 Å². The maximum atomic E-state index is 6.54. The number of pyridine rings is 1. The van der Waals surface area contributed by atoms with Gasteiger partial charge in [-0.3, -0.25) is 4.98 Å². The molecule has 6 aromatic rings. The van der Waals surface area contributed by atoms with Crippen molar-refractivity contribution in [1.82, 2.24) is 25.6 Å². The molecular formula is C27H22N6O. The first-order valence-electron chi connectivity index (χ1n) is 11.2. The van der Waals surface area contributed by atoms with Crippen LogP contribution in [0.3, 0.4) is 0 Å². The van der Waals surface area contributed by atoms with Crippen molar-refractivity contribution in [2.24, 2.45) is 0 Å². The summed E-state index contributed by atoms with van der Waals surface area (Å²) in [5.74, 6) is 0.546. The number of aromatic amines is 1. The van der Waals surface area contributed by atoms with Crippen molar-refractivity contribution in [1.29, 1.82) is 0 Å². The van der Waals surface area contributed by atoms with Crippen LogP contribution in [0, 0.1) is 6.92 Å². The molecule has 0 amide bonds. The van der Waals surface area contributed by atoms with Gasteiger partial charge in [-0.2, -0.15) is 5.21 Å². The number of nitrogens with zero attached hydrogens (tertiary/aromatic N) is 4. The summed E-state index contributed by atoms with van der Waals surface area (Å²) in [7, 11) is 0. The number of aryl methyl sites for hydroxylation is 1. The van der Waals surface area contributed by atoms with Gasteiger partial charge in [-0.1, -0.05) is 48.5 Å². The van der Waals surface area contributed by atoms with Crippen LogP contribution >= 0.6 is 0 Å². The third-order valence-corrected chi connectivity index (χ3v) is 6.06. The Bertz CT molecular complexity index is 1610. The number of H-pyrrole nitrogens is 1. The number of furan rings is 1. The summed E-state index contributed by atoms with van der Waals surface area (Å²) >= 11 is 0. The number of anilines is 1. The minimum absolute atomic E-state index is 0.0452. The van der Waals surface area contributed by atoms with Gasteiger partial charge >= 0.3 is 0 Å². The highest BCUT2D eigenvalue weighted by atomic mass is 16.3. The number of nitrogens with one attached hydrogen (secondary N) is 2. The van der Waals surface area contributed by atoms with Crippen LogP contribution in [0.15, 0.2) is 83.4 Å². The fourth-order valence-electron chi connectivity index (χ4n) is 4.49. The Morgan fingerprint density at radius 2 is 1.74 bits per heavy atom. The number of aromatic nitrogens is 5. The second kappa shape index (κ2) is 8.12. The normalized spacial score (nSPS) is 12.3. The predicted molar refractivity (Wildman–Crippen MR) is 133 cm³/mol. The molecule has 1 atom stereocenters. The molecule has 0 aliphatic carbocycles. The Labute approximate surface area is 195 Å². The largest absolute Gasteiger partial charge is 0.453 e. The Balaban J connectivity index is 1.48. The molecule has 0 saturated carbocycles. The molecule has 2 N–H and O–H groups in total. The Hall–Kier alpha value is -4.52.